The van der Waals surface area contributed by atoms with Crippen LogP contribution < -0.4 is 0 Å². The summed E-state index contributed by atoms with van der Waals surface area (Å²) < 4.78 is 46.2. The molecule has 7 aromatic rings. The Hall–Kier alpha value is -7.65. The number of fused-ring (bicyclic) bond motifs is 9. The molecule has 0 unspecified atom stereocenters. The summed E-state index contributed by atoms with van der Waals surface area (Å²) >= 11 is 0. The normalized spacial score (nSPS) is 12.3. The fraction of sp³-hybridized carbons (Fsp3) is 0.0435. The number of allylic oxidation sites excluding steroid dienone is 2. The molecule has 2 aliphatic rings. The van der Waals surface area contributed by atoms with E-state index < -0.39 is 11.7 Å². The highest BCUT2D eigenvalue weighted by molar-refractivity contribution is 6.16. The molecule has 5 nitrogen and oxygen atoms in total. The van der Waals surface area contributed by atoms with Gasteiger partial charge in [-0.2, -0.15) is 34.2 Å². The molecule has 0 saturated heterocycles. The summed E-state index contributed by atoms with van der Waals surface area (Å²) in [7, 11) is 0. The maximum absolute atomic E-state index is 13.3. The molecule has 8 heteroatoms. The molecule has 1 heterocycles. The highest BCUT2D eigenvalue weighted by Crippen LogP contribution is 2.52. The Morgan fingerprint density at radius 3 is 1.26 bits per heavy atom. The van der Waals surface area contributed by atoms with Gasteiger partial charge >= 0.3 is 6.18 Å². The van der Waals surface area contributed by atoms with Crippen molar-refractivity contribution in [3.63, 3.8) is 0 Å². The van der Waals surface area contributed by atoms with Gasteiger partial charge in [-0.1, -0.05) is 66.2 Å². The van der Waals surface area contributed by atoms with Gasteiger partial charge in [0.25, 0.3) is 0 Å². The number of benzene rings is 6. The zero-order valence-corrected chi connectivity index (χ0v) is 28.2. The molecule has 0 radical (unpaired) electrons. The van der Waals surface area contributed by atoms with Crippen molar-refractivity contribution in [1.82, 2.24) is 0 Å². The van der Waals surface area contributed by atoms with E-state index in [0.29, 0.717) is 50.0 Å². The molecule has 252 valence electrons. The SMILES string of the molecule is Cc1ccc(-c2ccc3c(c2)C(=C(C#N)C#N)c2cc4c(cc2-3)oc2cc3c(cc24)C(=C(C#N)C#N)c2cc(-c4ccc(C(F)(F)F)cc4)ccc2-3)cc1. The molecule has 2 aliphatic carbocycles. The van der Waals surface area contributed by atoms with Gasteiger partial charge in [-0.15, -0.1) is 0 Å². The molecule has 0 spiro atoms. The minimum Gasteiger partial charge on any atom is -0.456 e. The maximum Gasteiger partial charge on any atom is 0.416 e. The van der Waals surface area contributed by atoms with E-state index in [9.17, 15) is 34.2 Å². The first-order valence-corrected chi connectivity index (χ1v) is 16.8. The van der Waals surface area contributed by atoms with Crippen LogP contribution in [-0.4, -0.2) is 0 Å². The molecule has 0 bridgehead atoms. The van der Waals surface area contributed by atoms with Gasteiger partial charge in [-0.3, -0.25) is 0 Å². The first-order valence-electron chi connectivity index (χ1n) is 16.8. The van der Waals surface area contributed by atoms with Crippen LogP contribution in [-0.2, 0) is 6.18 Å². The van der Waals surface area contributed by atoms with Crippen LogP contribution in [0.25, 0.3) is 77.6 Å². The average molecular weight is 703 g/mol. The number of nitriles is 4. The molecule has 0 amide bonds. The predicted octanol–water partition coefficient (Wildman–Crippen LogP) is 11.9. The van der Waals surface area contributed by atoms with Crippen molar-refractivity contribution in [2.45, 2.75) is 13.1 Å². The van der Waals surface area contributed by atoms with E-state index in [1.54, 1.807) is 12.1 Å². The van der Waals surface area contributed by atoms with Crippen LogP contribution in [0.3, 0.4) is 0 Å². The van der Waals surface area contributed by atoms with Gasteiger partial charge < -0.3 is 4.42 Å². The van der Waals surface area contributed by atoms with Gasteiger partial charge in [-0.25, -0.2) is 0 Å². The van der Waals surface area contributed by atoms with Crippen LogP contribution >= 0.6 is 0 Å². The monoisotopic (exact) mass is 702 g/mol. The number of halogens is 3. The van der Waals surface area contributed by atoms with Crippen molar-refractivity contribution in [2.75, 3.05) is 0 Å². The number of aryl methyl sites for hydroxylation is 1. The Labute approximate surface area is 306 Å². The lowest BCUT2D eigenvalue weighted by atomic mass is 9.94. The third-order valence-corrected chi connectivity index (χ3v) is 10.3. The molecule has 0 saturated carbocycles. The number of alkyl halides is 3. The standard InChI is InChI=1S/C46H21F3N4O/c1-24-2-4-25(5-3-24)27-8-12-32-34-18-42-36(16-40(34)44(38(32)14-27)29(20-50)21-51)37-17-41-35(19-43(37)54-42)33-13-9-28(15-39(33)45(41)30(22-52)23-53)26-6-10-31(11-7-26)46(47,48)49/h2-19H,1H3. The van der Waals surface area contributed by atoms with Crippen LogP contribution in [0.2, 0.25) is 0 Å². The van der Waals surface area contributed by atoms with Gasteiger partial charge in [-0.05, 0) is 122 Å². The maximum atomic E-state index is 13.3. The Morgan fingerprint density at radius 1 is 0.463 bits per heavy atom. The third-order valence-electron chi connectivity index (χ3n) is 10.3. The lowest BCUT2D eigenvalue weighted by Gasteiger charge is -2.10. The van der Waals surface area contributed by atoms with Crippen LogP contribution in [0.15, 0.2) is 125 Å². The van der Waals surface area contributed by atoms with Crippen molar-refractivity contribution in [3.8, 4) is 68.8 Å². The van der Waals surface area contributed by atoms with E-state index in [4.69, 9.17) is 4.42 Å². The van der Waals surface area contributed by atoms with E-state index in [2.05, 4.69) is 12.1 Å². The topological polar surface area (TPSA) is 108 Å². The molecule has 54 heavy (non-hydrogen) atoms. The lowest BCUT2D eigenvalue weighted by Crippen LogP contribution is -2.03. The summed E-state index contributed by atoms with van der Waals surface area (Å²) in [5, 5.41) is 41.8. The van der Waals surface area contributed by atoms with E-state index in [-0.39, 0.29) is 11.1 Å². The Balaban J connectivity index is 1.22. The summed E-state index contributed by atoms with van der Waals surface area (Å²) in [4.78, 5) is 0. The van der Waals surface area contributed by atoms with Crippen molar-refractivity contribution < 1.29 is 17.6 Å². The lowest BCUT2D eigenvalue weighted by molar-refractivity contribution is -0.137. The smallest absolute Gasteiger partial charge is 0.416 e. The highest BCUT2D eigenvalue weighted by atomic mass is 19.4. The summed E-state index contributed by atoms with van der Waals surface area (Å²) in [6.07, 6.45) is -4.47. The summed E-state index contributed by atoms with van der Waals surface area (Å²) in [5.74, 6) is 0. The number of rotatable bonds is 2. The molecule has 0 atom stereocenters. The number of hydrogen-bond acceptors (Lipinski definition) is 5. The molecule has 0 N–H and O–H groups in total. The second-order valence-electron chi connectivity index (χ2n) is 13.3. The fourth-order valence-electron chi connectivity index (χ4n) is 7.76. The highest BCUT2D eigenvalue weighted by Gasteiger charge is 2.33. The minimum absolute atomic E-state index is 0.0127. The molecule has 9 rings (SSSR count). The van der Waals surface area contributed by atoms with Crippen molar-refractivity contribution >= 4 is 33.1 Å². The van der Waals surface area contributed by atoms with E-state index in [1.807, 2.05) is 91.9 Å². The number of hydrogen-bond donors (Lipinski definition) is 0. The van der Waals surface area contributed by atoms with Crippen molar-refractivity contribution in [3.05, 3.63) is 154 Å². The molecule has 6 aromatic carbocycles. The van der Waals surface area contributed by atoms with Gasteiger partial charge in [0.15, 0.2) is 0 Å². The predicted molar refractivity (Wildman–Crippen MR) is 200 cm³/mol. The molecule has 0 fully saturated rings. The van der Waals surface area contributed by atoms with E-state index in [0.717, 1.165) is 67.6 Å². The largest absolute Gasteiger partial charge is 0.456 e. The third kappa shape index (κ3) is 4.76. The molecule has 1 aromatic heterocycles. The van der Waals surface area contributed by atoms with Crippen molar-refractivity contribution in [2.24, 2.45) is 0 Å². The van der Waals surface area contributed by atoms with Crippen LogP contribution in [0.5, 0.6) is 0 Å². The van der Waals surface area contributed by atoms with Gasteiger partial charge in [0, 0.05) is 21.9 Å². The van der Waals surface area contributed by atoms with Gasteiger partial charge in [0.1, 0.15) is 46.6 Å². The quantitative estimate of drug-likeness (QED) is 0.167. The summed E-state index contributed by atoms with van der Waals surface area (Å²) in [6, 6.07) is 40.4. The Bertz CT molecular complexity index is 3030. The Kier molecular flexibility index (Phi) is 6.99. The molecule has 0 aliphatic heterocycles. The van der Waals surface area contributed by atoms with Crippen LogP contribution in [0.1, 0.15) is 33.4 Å². The Morgan fingerprint density at radius 2 is 0.852 bits per heavy atom. The number of nitrogens with zero attached hydrogens (tertiary/aromatic N) is 4. The molecular formula is C46H21F3N4O. The van der Waals surface area contributed by atoms with Crippen LogP contribution in [0, 0.1) is 52.2 Å². The first kappa shape index (κ1) is 32.3. The fourth-order valence-corrected chi connectivity index (χ4v) is 7.76. The van der Waals surface area contributed by atoms with E-state index in [1.165, 1.54) is 12.1 Å². The van der Waals surface area contributed by atoms with Gasteiger partial charge in [0.2, 0.25) is 0 Å². The number of furan rings is 1. The summed E-state index contributed by atoms with van der Waals surface area (Å²) in [5.41, 5.74) is 11.4. The zero-order chi connectivity index (χ0) is 37.5. The average Bonchev–Trinajstić information content (AvgIpc) is 3.80. The zero-order valence-electron chi connectivity index (χ0n) is 28.2. The minimum atomic E-state index is -4.47. The van der Waals surface area contributed by atoms with Crippen LogP contribution in [0.4, 0.5) is 13.2 Å². The second-order valence-corrected chi connectivity index (χ2v) is 13.3. The molecular weight excluding hydrogens is 682 g/mol. The first-order chi connectivity index (χ1) is 26.1. The van der Waals surface area contributed by atoms with Crippen molar-refractivity contribution in [1.29, 1.82) is 21.0 Å². The van der Waals surface area contributed by atoms with E-state index >= 15 is 0 Å². The summed E-state index contributed by atoms with van der Waals surface area (Å²) in [6.45, 7) is 2.02. The van der Waals surface area contributed by atoms with Gasteiger partial charge in [0.05, 0.1) is 5.56 Å². The second kappa shape index (κ2) is 11.7.